The molecule has 3 aromatic heterocycles. The SMILES string of the molecule is Cc1ccncc1-c1cc2cc(NC(=O)C(=O)NN3CCCCC3)ncc2c(N)n1. The van der Waals surface area contributed by atoms with Gasteiger partial charge in [-0.2, -0.15) is 0 Å². The Bertz CT molecular complexity index is 1110. The molecule has 154 valence electrons. The van der Waals surface area contributed by atoms with E-state index in [-0.39, 0.29) is 5.82 Å². The maximum atomic E-state index is 12.3. The topological polar surface area (TPSA) is 126 Å². The number of piperidine rings is 1. The molecule has 1 saturated heterocycles. The van der Waals surface area contributed by atoms with Crippen molar-refractivity contribution in [3.05, 3.63) is 42.4 Å². The molecule has 0 bridgehead atoms. The first-order chi connectivity index (χ1) is 14.5. The first-order valence-electron chi connectivity index (χ1n) is 9.85. The van der Waals surface area contributed by atoms with Crippen LogP contribution in [-0.2, 0) is 9.59 Å². The fourth-order valence-electron chi connectivity index (χ4n) is 3.49. The molecule has 30 heavy (non-hydrogen) atoms. The van der Waals surface area contributed by atoms with Gasteiger partial charge in [-0.15, -0.1) is 0 Å². The van der Waals surface area contributed by atoms with E-state index < -0.39 is 11.8 Å². The highest BCUT2D eigenvalue weighted by Crippen LogP contribution is 2.28. The predicted octanol–water partition coefficient (Wildman–Crippen LogP) is 2.04. The van der Waals surface area contributed by atoms with Gasteiger partial charge < -0.3 is 11.1 Å². The van der Waals surface area contributed by atoms with E-state index >= 15 is 0 Å². The minimum atomic E-state index is -0.766. The molecule has 3 aromatic rings. The molecule has 4 N–H and O–H groups in total. The van der Waals surface area contributed by atoms with Gasteiger partial charge in [-0.1, -0.05) is 6.42 Å². The maximum absolute atomic E-state index is 12.3. The number of amides is 2. The number of anilines is 2. The number of nitrogens with one attached hydrogen (secondary N) is 2. The van der Waals surface area contributed by atoms with E-state index in [0.717, 1.165) is 48.9 Å². The molecule has 4 heterocycles. The van der Waals surface area contributed by atoms with Crippen LogP contribution in [0.15, 0.2) is 36.8 Å². The molecule has 1 aliphatic rings. The van der Waals surface area contributed by atoms with Crippen LogP contribution in [0, 0.1) is 6.92 Å². The van der Waals surface area contributed by atoms with Gasteiger partial charge in [0.05, 0.1) is 5.69 Å². The highest BCUT2D eigenvalue weighted by Gasteiger charge is 2.19. The molecule has 0 spiro atoms. The van der Waals surface area contributed by atoms with Gasteiger partial charge >= 0.3 is 11.8 Å². The quantitative estimate of drug-likeness (QED) is 0.569. The number of hydrogen-bond acceptors (Lipinski definition) is 7. The van der Waals surface area contributed by atoms with Crippen LogP contribution in [0.5, 0.6) is 0 Å². The lowest BCUT2D eigenvalue weighted by molar-refractivity contribution is -0.139. The summed E-state index contributed by atoms with van der Waals surface area (Å²) in [5.41, 5.74) is 11.3. The van der Waals surface area contributed by atoms with Crippen LogP contribution in [0.4, 0.5) is 11.6 Å². The van der Waals surface area contributed by atoms with E-state index in [1.54, 1.807) is 23.5 Å². The Balaban J connectivity index is 1.55. The molecule has 4 rings (SSSR count). The number of nitrogens with zero attached hydrogens (tertiary/aromatic N) is 4. The number of rotatable bonds is 3. The standard InChI is InChI=1S/C21H23N7O2/c1-13-5-6-23-11-15(13)17-9-14-10-18(24-12-16(14)19(22)25-17)26-20(29)21(30)27-28-7-3-2-4-8-28/h5-6,9-12H,2-4,7-8H2,1H3,(H2,22,25)(H,27,30)(H,24,26,29). The summed E-state index contributed by atoms with van der Waals surface area (Å²) in [7, 11) is 0. The zero-order valence-electron chi connectivity index (χ0n) is 16.7. The summed E-state index contributed by atoms with van der Waals surface area (Å²) < 4.78 is 0. The van der Waals surface area contributed by atoms with E-state index in [0.29, 0.717) is 16.9 Å². The third kappa shape index (κ3) is 4.20. The molecular formula is C21H23N7O2. The Morgan fingerprint density at radius 2 is 1.90 bits per heavy atom. The molecule has 0 atom stereocenters. The van der Waals surface area contributed by atoms with Crippen molar-refractivity contribution in [1.29, 1.82) is 0 Å². The van der Waals surface area contributed by atoms with Crippen LogP contribution in [0.25, 0.3) is 22.0 Å². The van der Waals surface area contributed by atoms with Crippen LogP contribution in [0.1, 0.15) is 24.8 Å². The number of pyridine rings is 3. The van der Waals surface area contributed by atoms with Crippen LogP contribution in [0.3, 0.4) is 0 Å². The number of hydrazine groups is 1. The number of nitrogen functional groups attached to an aromatic ring is 1. The Kier molecular flexibility index (Phi) is 5.53. The van der Waals surface area contributed by atoms with Gasteiger partial charge in [-0.3, -0.25) is 20.0 Å². The van der Waals surface area contributed by atoms with E-state index in [1.807, 2.05) is 19.1 Å². The molecule has 1 aliphatic heterocycles. The summed E-state index contributed by atoms with van der Waals surface area (Å²) in [4.78, 5) is 37.3. The van der Waals surface area contributed by atoms with Gasteiger partial charge in [0.25, 0.3) is 0 Å². The first-order valence-corrected chi connectivity index (χ1v) is 9.85. The van der Waals surface area contributed by atoms with Crippen molar-refractivity contribution >= 4 is 34.2 Å². The summed E-state index contributed by atoms with van der Waals surface area (Å²) in [6, 6.07) is 5.44. The summed E-state index contributed by atoms with van der Waals surface area (Å²) in [5.74, 6) is -0.878. The average molecular weight is 405 g/mol. The second kappa shape index (κ2) is 8.42. The third-order valence-corrected chi connectivity index (χ3v) is 5.12. The third-order valence-electron chi connectivity index (χ3n) is 5.12. The fraction of sp³-hybridized carbons (Fsp3) is 0.286. The number of hydrogen-bond donors (Lipinski definition) is 3. The summed E-state index contributed by atoms with van der Waals surface area (Å²) >= 11 is 0. The molecule has 0 unspecified atom stereocenters. The predicted molar refractivity (Wildman–Crippen MR) is 114 cm³/mol. The van der Waals surface area contributed by atoms with E-state index in [9.17, 15) is 9.59 Å². The van der Waals surface area contributed by atoms with Crippen LogP contribution >= 0.6 is 0 Å². The smallest absolute Gasteiger partial charge is 0.323 e. The minimum absolute atomic E-state index is 0.265. The molecule has 9 nitrogen and oxygen atoms in total. The molecule has 0 saturated carbocycles. The van der Waals surface area contributed by atoms with Crippen LogP contribution < -0.4 is 16.5 Å². The number of fused-ring (bicyclic) bond motifs is 1. The number of carbonyl (C=O) groups is 2. The Morgan fingerprint density at radius 1 is 1.10 bits per heavy atom. The van der Waals surface area contributed by atoms with E-state index in [1.165, 1.54) is 6.20 Å². The van der Waals surface area contributed by atoms with Gasteiger partial charge in [0.2, 0.25) is 0 Å². The zero-order chi connectivity index (χ0) is 21.1. The number of aryl methyl sites for hydroxylation is 1. The van der Waals surface area contributed by atoms with Gasteiger partial charge in [0, 0.05) is 42.6 Å². The largest absolute Gasteiger partial charge is 0.383 e. The van der Waals surface area contributed by atoms with Crippen LogP contribution in [0.2, 0.25) is 0 Å². The lowest BCUT2D eigenvalue weighted by Gasteiger charge is -2.26. The molecule has 1 fully saturated rings. The normalized spacial score (nSPS) is 14.4. The van der Waals surface area contributed by atoms with E-state index in [4.69, 9.17) is 5.73 Å². The van der Waals surface area contributed by atoms with Gasteiger partial charge in [-0.05, 0) is 48.9 Å². The highest BCUT2D eigenvalue weighted by atomic mass is 16.2. The Hall–Kier alpha value is -3.59. The molecule has 0 aliphatic carbocycles. The van der Waals surface area contributed by atoms with Gasteiger partial charge in [0.15, 0.2) is 0 Å². The lowest BCUT2D eigenvalue weighted by atomic mass is 10.1. The van der Waals surface area contributed by atoms with E-state index in [2.05, 4.69) is 25.7 Å². The van der Waals surface area contributed by atoms with Crippen LogP contribution in [-0.4, -0.2) is 44.9 Å². The van der Waals surface area contributed by atoms with Crippen molar-refractivity contribution in [3.8, 4) is 11.3 Å². The summed E-state index contributed by atoms with van der Waals surface area (Å²) in [6.45, 7) is 3.46. The van der Waals surface area contributed by atoms with Gasteiger partial charge in [-0.25, -0.2) is 15.0 Å². The lowest BCUT2D eigenvalue weighted by Crippen LogP contribution is -2.49. The Morgan fingerprint density at radius 3 is 2.67 bits per heavy atom. The van der Waals surface area contributed by atoms with Crippen molar-refractivity contribution in [3.63, 3.8) is 0 Å². The minimum Gasteiger partial charge on any atom is -0.383 e. The number of aromatic nitrogens is 3. The maximum Gasteiger partial charge on any atom is 0.323 e. The Labute approximate surface area is 173 Å². The summed E-state index contributed by atoms with van der Waals surface area (Å²) in [5, 5.41) is 5.74. The average Bonchev–Trinajstić information content (AvgIpc) is 2.74. The van der Waals surface area contributed by atoms with Crippen molar-refractivity contribution in [2.45, 2.75) is 26.2 Å². The molecule has 9 heteroatoms. The first kappa shape index (κ1) is 19.7. The second-order valence-corrected chi connectivity index (χ2v) is 7.32. The molecular weight excluding hydrogens is 382 g/mol. The number of carbonyl (C=O) groups excluding carboxylic acids is 2. The molecule has 0 aromatic carbocycles. The molecule has 0 radical (unpaired) electrons. The fourth-order valence-corrected chi connectivity index (χ4v) is 3.49. The number of nitrogens with two attached hydrogens (primary N) is 1. The molecule has 2 amide bonds. The highest BCUT2D eigenvalue weighted by molar-refractivity contribution is 6.39. The van der Waals surface area contributed by atoms with Crippen molar-refractivity contribution in [2.24, 2.45) is 0 Å². The zero-order valence-corrected chi connectivity index (χ0v) is 16.7. The van der Waals surface area contributed by atoms with Crippen molar-refractivity contribution in [1.82, 2.24) is 25.4 Å². The summed E-state index contributed by atoms with van der Waals surface area (Å²) in [6.07, 6.45) is 8.13. The second-order valence-electron chi connectivity index (χ2n) is 7.32. The van der Waals surface area contributed by atoms with Gasteiger partial charge in [0.1, 0.15) is 11.6 Å². The monoisotopic (exact) mass is 405 g/mol. The van der Waals surface area contributed by atoms with Crippen molar-refractivity contribution in [2.75, 3.05) is 24.1 Å². The van der Waals surface area contributed by atoms with Crippen molar-refractivity contribution < 1.29 is 9.59 Å².